The van der Waals surface area contributed by atoms with Gasteiger partial charge in [-0.15, -0.1) is 0 Å². The summed E-state index contributed by atoms with van der Waals surface area (Å²) in [6.45, 7) is 4.75. The highest BCUT2D eigenvalue weighted by molar-refractivity contribution is 5.60. The number of methoxy groups -OCH3 is 3. The molecule has 0 radical (unpaired) electrons. The molecule has 1 saturated heterocycles. The van der Waals surface area contributed by atoms with Gasteiger partial charge >= 0.3 is 0 Å². The summed E-state index contributed by atoms with van der Waals surface area (Å²) in [5.41, 5.74) is 1.85. The largest absolute Gasteiger partial charge is 0.493 e. The molecule has 6 heteroatoms. The van der Waals surface area contributed by atoms with Crippen LogP contribution in [-0.2, 0) is 11.3 Å². The Morgan fingerprint density at radius 2 is 2.00 bits per heavy atom. The van der Waals surface area contributed by atoms with Crippen molar-refractivity contribution < 1.29 is 18.6 Å². The van der Waals surface area contributed by atoms with Gasteiger partial charge in [0.05, 0.1) is 26.0 Å². The third-order valence-electron chi connectivity index (χ3n) is 4.69. The zero-order valence-electron chi connectivity index (χ0n) is 15.4. The molecule has 6 nitrogen and oxygen atoms in total. The van der Waals surface area contributed by atoms with Crippen molar-refractivity contribution in [2.45, 2.75) is 32.4 Å². The van der Waals surface area contributed by atoms with E-state index in [1.54, 1.807) is 21.3 Å². The van der Waals surface area contributed by atoms with Crippen molar-refractivity contribution >= 4 is 0 Å². The van der Waals surface area contributed by atoms with Gasteiger partial charge in [0.15, 0.2) is 11.5 Å². The van der Waals surface area contributed by atoms with E-state index >= 15 is 0 Å². The SMILES string of the molecule is COc1ccc(-c2nc(CN3CCC[C@H](OC)C3)c(C)o2)cc1OC. The predicted molar refractivity (Wildman–Crippen MR) is 95.1 cm³/mol. The van der Waals surface area contributed by atoms with E-state index in [1.165, 1.54) is 0 Å². The second-order valence-electron chi connectivity index (χ2n) is 6.33. The van der Waals surface area contributed by atoms with Crippen LogP contribution in [0.3, 0.4) is 0 Å². The molecule has 0 bridgehead atoms. The smallest absolute Gasteiger partial charge is 0.226 e. The van der Waals surface area contributed by atoms with Gasteiger partial charge in [-0.05, 0) is 44.5 Å². The van der Waals surface area contributed by atoms with E-state index in [-0.39, 0.29) is 0 Å². The summed E-state index contributed by atoms with van der Waals surface area (Å²) >= 11 is 0. The first-order valence-corrected chi connectivity index (χ1v) is 8.58. The van der Waals surface area contributed by atoms with E-state index in [0.717, 1.165) is 49.5 Å². The molecule has 0 spiro atoms. The number of benzene rings is 1. The Hall–Kier alpha value is -2.05. The average Bonchev–Trinajstić information content (AvgIpc) is 3.01. The molecule has 25 heavy (non-hydrogen) atoms. The molecule has 1 atom stereocenters. The lowest BCUT2D eigenvalue weighted by Crippen LogP contribution is -2.38. The number of hydrogen-bond acceptors (Lipinski definition) is 6. The van der Waals surface area contributed by atoms with Gasteiger partial charge in [0.2, 0.25) is 5.89 Å². The molecule has 3 rings (SSSR count). The van der Waals surface area contributed by atoms with Crippen LogP contribution in [-0.4, -0.2) is 50.4 Å². The maximum Gasteiger partial charge on any atom is 0.226 e. The van der Waals surface area contributed by atoms with Gasteiger partial charge in [-0.25, -0.2) is 4.98 Å². The molecule has 0 amide bonds. The van der Waals surface area contributed by atoms with Crippen LogP contribution < -0.4 is 9.47 Å². The summed E-state index contributed by atoms with van der Waals surface area (Å²) in [6.07, 6.45) is 2.59. The molecule has 1 aromatic carbocycles. The number of rotatable bonds is 6. The number of oxazole rings is 1. The van der Waals surface area contributed by atoms with E-state index in [2.05, 4.69) is 4.90 Å². The third kappa shape index (κ3) is 3.96. The highest BCUT2D eigenvalue weighted by Gasteiger charge is 2.22. The van der Waals surface area contributed by atoms with Crippen LogP contribution in [0, 0.1) is 6.92 Å². The average molecular weight is 346 g/mol. The summed E-state index contributed by atoms with van der Waals surface area (Å²) in [7, 11) is 5.03. The van der Waals surface area contributed by atoms with Gasteiger partial charge in [0, 0.05) is 25.8 Å². The molecule has 0 saturated carbocycles. The lowest BCUT2D eigenvalue weighted by atomic mass is 10.1. The van der Waals surface area contributed by atoms with E-state index in [9.17, 15) is 0 Å². The monoisotopic (exact) mass is 346 g/mol. The Morgan fingerprint density at radius 1 is 1.20 bits per heavy atom. The molecular weight excluding hydrogens is 320 g/mol. The Morgan fingerprint density at radius 3 is 2.72 bits per heavy atom. The summed E-state index contributed by atoms with van der Waals surface area (Å²) in [6, 6.07) is 5.68. The van der Waals surface area contributed by atoms with Crippen molar-refractivity contribution in [3.8, 4) is 23.0 Å². The predicted octanol–water partition coefficient (Wildman–Crippen LogP) is 3.28. The molecule has 1 aromatic heterocycles. The number of aryl methyl sites for hydroxylation is 1. The number of piperidine rings is 1. The van der Waals surface area contributed by atoms with Gasteiger partial charge in [0.1, 0.15) is 5.76 Å². The van der Waals surface area contributed by atoms with E-state index in [4.69, 9.17) is 23.6 Å². The first kappa shape index (κ1) is 17.8. The minimum Gasteiger partial charge on any atom is -0.493 e. The number of nitrogens with zero attached hydrogens (tertiary/aromatic N) is 2. The first-order valence-electron chi connectivity index (χ1n) is 8.58. The number of likely N-dealkylation sites (tertiary alicyclic amines) is 1. The maximum atomic E-state index is 5.90. The maximum absolute atomic E-state index is 5.90. The zero-order chi connectivity index (χ0) is 17.8. The van der Waals surface area contributed by atoms with Gasteiger partial charge in [-0.1, -0.05) is 0 Å². The quantitative estimate of drug-likeness (QED) is 0.800. The third-order valence-corrected chi connectivity index (χ3v) is 4.69. The fourth-order valence-electron chi connectivity index (χ4n) is 3.23. The Labute approximate surface area is 148 Å². The van der Waals surface area contributed by atoms with Crippen LogP contribution in [0.1, 0.15) is 24.3 Å². The number of ether oxygens (including phenoxy) is 3. The Balaban J connectivity index is 1.78. The molecule has 1 fully saturated rings. The highest BCUT2D eigenvalue weighted by Crippen LogP contribution is 2.32. The van der Waals surface area contributed by atoms with E-state index in [1.807, 2.05) is 25.1 Å². The molecule has 0 unspecified atom stereocenters. The Bertz CT molecular complexity index is 713. The van der Waals surface area contributed by atoms with Gasteiger partial charge < -0.3 is 18.6 Å². The minimum absolute atomic E-state index is 0.311. The summed E-state index contributed by atoms with van der Waals surface area (Å²) in [5.74, 6) is 2.81. The van der Waals surface area contributed by atoms with Crippen LogP contribution in [0.2, 0.25) is 0 Å². The van der Waals surface area contributed by atoms with Crippen LogP contribution in [0.15, 0.2) is 22.6 Å². The fraction of sp³-hybridized carbons (Fsp3) is 0.526. The van der Waals surface area contributed by atoms with Crippen molar-refractivity contribution in [1.82, 2.24) is 9.88 Å². The van der Waals surface area contributed by atoms with Crippen molar-refractivity contribution in [2.24, 2.45) is 0 Å². The second-order valence-corrected chi connectivity index (χ2v) is 6.33. The molecule has 0 aliphatic carbocycles. The van der Waals surface area contributed by atoms with Gasteiger partial charge in [-0.3, -0.25) is 4.90 Å². The summed E-state index contributed by atoms with van der Waals surface area (Å²) in [4.78, 5) is 7.09. The molecule has 2 heterocycles. The van der Waals surface area contributed by atoms with Crippen molar-refractivity contribution in [3.05, 3.63) is 29.7 Å². The molecule has 136 valence electrons. The van der Waals surface area contributed by atoms with E-state index < -0.39 is 0 Å². The lowest BCUT2D eigenvalue weighted by Gasteiger charge is -2.31. The Kier molecular flexibility index (Phi) is 5.60. The zero-order valence-corrected chi connectivity index (χ0v) is 15.4. The summed E-state index contributed by atoms with van der Waals surface area (Å²) < 4.78 is 22.1. The summed E-state index contributed by atoms with van der Waals surface area (Å²) in [5, 5.41) is 0. The first-order chi connectivity index (χ1) is 12.1. The molecule has 1 aliphatic rings. The van der Waals surface area contributed by atoms with Gasteiger partial charge in [0.25, 0.3) is 0 Å². The second kappa shape index (κ2) is 7.89. The van der Waals surface area contributed by atoms with Gasteiger partial charge in [-0.2, -0.15) is 0 Å². The standard InChI is InChI=1S/C19H26N2O4/c1-13-16(12-21-9-5-6-15(11-21)22-2)20-19(25-13)14-7-8-17(23-3)18(10-14)24-4/h7-8,10,15H,5-6,9,11-12H2,1-4H3/t15-/m0/s1. The normalized spacial score (nSPS) is 18.3. The minimum atomic E-state index is 0.311. The number of aromatic nitrogens is 1. The van der Waals surface area contributed by atoms with Crippen molar-refractivity contribution in [3.63, 3.8) is 0 Å². The fourth-order valence-corrected chi connectivity index (χ4v) is 3.23. The van der Waals surface area contributed by atoms with Crippen LogP contribution >= 0.6 is 0 Å². The molecule has 0 N–H and O–H groups in total. The van der Waals surface area contributed by atoms with Crippen LogP contribution in [0.25, 0.3) is 11.5 Å². The van der Waals surface area contributed by atoms with Crippen molar-refractivity contribution in [1.29, 1.82) is 0 Å². The van der Waals surface area contributed by atoms with Crippen LogP contribution in [0.4, 0.5) is 0 Å². The molecular formula is C19H26N2O4. The number of hydrogen-bond donors (Lipinski definition) is 0. The molecule has 2 aromatic rings. The topological polar surface area (TPSA) is 57.0 Å². The van der Waals surface area contributed by atoms with Crippen molar-refractivity contribution in [2.75, 3.05) is 34.4 Å². The highest BCUT2D eigenvalue weighted by atomic mass is 16.5. The lowest BCUT2D eigenvalue weighted by molar-refractivity contribution is 0.0280. The van der Waals surface area contributed by atoms with E-state index in [0.29, 0.717) is 23.5 Å². The van der Waals surface area contributed by atoms with Crippen LogP contribution in [0.5, 0.6) is 11.5 Å². The molecule has 1 aliphatic heterocycles.